The van der Waals surface area contributed by atoms with Crippen molar-refractivity contribution in [1.82, 2.24) is 0 Å². The van der Waals surface area contributed by atoms with Crippen LogP contribution in [-0.2, 0) is 20.7 Å². The summed E-state index contributed by atoms with van der Waals surface area (Å²) in [5.74, 6) is -5.73. The zero-order chi connectivity index (χ0) is 35.1. The second-order valence-corrected chi connectivity index (χ2v) is 10.2. The highest BCUT2D eigenvalue weighted by Crippen LogP contribution is 2.59. The summed E-state index contributed by atoms with van der Waals surface area (Å²) >= 11 is 0. The van der Waals surface area contributed by atoms with Crippen molar-refractivity contribution >= 4 is 23.2 Å². The third-order valence-corrected chi connectivity index (χ3v) is 7.12. The van der Waals surface area contributed by atoms with Crippen LogP contribution in [0.2, 0.25) is 0 Å². The number of nitrogens with zero attached hydrogens (tertiary/aromatic N) is 2. The zero-order valence-electron chi connectivity index (χ0n) is 23.2. The molecule has 0 amide bonds. The van der Waals surface area contributed by atoms with E-state index in [0.717, 1.165) is 25.1 Å². The van der Waals surface area contributed by atoms with Gasteiger partial charge in [-0.1, -0.05) is 0 Å². The van der Waals surface area contributed by atoms with Gasteiger partial charge in [-0.2, -0.15) is 52.7 Å². The van der Waals surface area contributed by atoms with E-state index >= 15 is 0 Å². The van der Waals surface area contributed by atoms with Gasteiger partial charge in [-0.15, -0.1) is 0 Å². The lowest BCUT2D eigenvalue weighted by Crippen LogP contribution is -2.58. The number of aliphatic imine (C=N–C) groups is 2. The third kappa shape index (κ3) is 5.11. The lowest BCUT2D eigenvalue weighted by atomic mass is 9.88. The Kier molecular flexibility index (Phi) is 7.37. The largest absolute Gasteiger partial charge is 0.508 e. The van der Waals surface area contributed by atoms with Crippen molar-refractivity contribution in [2.45, 2.75) is 49.8 Å². The predicted molar refractivity (Wildman–Crippen MR) is 136 cm³/mol. The van der Waals surface area contributed by atoms with Gasteiger partial charge in [0, 0.05) is 18.1 Å². The fourth-order valence-electron chi connectivity index (χ4n) is 4.98. The number of ether oxygens (including phenoxy) is 3. The average Bonchev–Trinajstić information content (AvgIpc) is 2.91. The highest BCUT2D eigenvalue weighted by atomic mass is 19.4. The van der Waals surface area contributed by atoms with Crippen LogP contribution in [0.15, 0.2) is 58.5 Å². The second kappa shape index (κ2) is 10.3. The lowest BCUT2D eigenvalue weighted by molar-refractivity contribution is -0.371. The van der Waals surface area contributed by atoms with Crippen molar-refractivity contribution in [2.75, 3.05) is 0 Å². The molecule has 0 unspecified atom stereocenters. The zero-order valence-corrected chi connectivity index (χ0v) is 23.2. The van der Waals surface area contributed by atoms with E-state index in [1.165, 1.54) is 6.92 Å². The van der Waals surface area contributed by atoms with Crippen LogP contribution < -0.4 is 4.74 Å². The highest BCUT2D eigenvalue weighted by Gasteiger charge is 2.77. The Hall–Kier alpha value is -4.84. The summed E-state index contributed by atoms with van der Waals surface area (Å²) in [6, 6.07) is 4.51. The number of rotatable bonds is 3. The molecule has 0 radical (unpaired) electrons. The van der Waals surface area contributed by atoms with E-state index in [-0.39, 0.29) is 17.7 Å². The summed E-state index contributed by atoms with van der Waals surface area (Å²) in [5.41, 5.74) is -16.2. The fourth-order valence-corrected chi connectivity index (χ4v) is 4.98. The van der Waals surface area contributed by atoms with E-state index in [2.05, 4.69) is 19.5 Å². The topological polar surface area (TPSA) is 92.9 Å². The minimum atomic E-state index is -6.31. The minimum Gasteiger partial charge on any atom is -0.508 e. The first-order chi connectivity index (χ1) is 21.4. The molecule has 2 N–H and O–H groups in total. The first-order valence-corrected chi connectivity index (χ1v) is 12.7. The molecule has 5 rings (SSSR count). The number of phenols is 2. The van der Waals surface area contributed by atoms with E-state index in [4.69, 9.17) is 4.74 Å². The van der Waals surface area contributed by atoms with Crippen molar-refractivity contribution in [1.29, 1.82) is 0 Å². The molecule has 252 valence electrons. The van der Waals surface area contributed by atoms with E-state index in [9.17, 15) is 62.9 Å². The molecule has 3 aromatic carbocycles. The van der Waals surface area contributed by atoms with Gasteiger partial charge in [0.2, 0.25) is 5.90 Å². The van der Waals surface area contributed by atoms with Gasteiger partial charge in [0.25, 0.3) is 0 Å². The van der Waals surface area contributed by atoms with Crippen molar-refractivity contribution in [3.8, 4) is 23.0 Å². The molecule has 19 heteroatoms. The molecular weight excluding hydrogens is 672 g/mol. The Bertz CT molecular complexity index is 1800. The maximum absolute atomic E-state index is 14.5. The standard InChI is InChI=1S/C28H16F12N2O5/c1-11-7-21(44)15(10-20(11)43)22-42-19-6-4-14(9-17(19)24(47-22,27(35,36)37)28(38,39)40)45-13-3-5-18-16(8-13)23(25(29,30)31,26(32,33)34)46-12(2)41-18/h3-10,43-44H,1-2H3. The van der Waals surface area contributed by atoms with Gasteiger partial charge in [0.15, 0.2) is 5.90 Å². The van der Waals surface area contributed by atoms with E-state index in [0.29, 0.717) is 18.2 Å². The highest BCUT2D eigenvalue weighted by molar-refractivity contribution is 6.00. The fraction of sp³-hybridized carbons (Fsp3) is 0.286. The van der Waals surface area contributed by atoms with Crippen molar-refractivity contribution in [2.24, 2.45) is 9.98 Å². The molecular formula is C28H16F12N2O5. The molecule has 0 fully saturated rings. The maximum Gasteiger partial charge on any atom is 0.442 e. The molecule has 0 spiro atoms. The van der Waals surface area contributed by atoms with Crippen LogP contribution in [0, 0.1) is 6.92 Å². The molecule has 2 heterocycles. The summed E-state index contributed by atoms with van der Waals surface area (Å²) in [6.45, 7) is 2.00. The number of aryl methyl sites for hydroxylation is 1. The first-order valence-electron chi connectivity index (χ1n) is 12.7. The van der Waals surface area contributed by atoms with Gasteiger partial charge in [-0.3, -0.25) is 0 Å². The van der Waals surface area contributed by atoms with Crippen LogP contribution in [0.5, 0.6) is 23.0 Å². The normalized spacial score (nSPS) is 17.4. The third-order valence-electron chi connectivity index (χ3n) is 7.12. The van der Waals surface area contributed by atoms with Crippen molar-refractivity contribution in [3.05, 3.63) is 70.8 Å². The molecule has 7 nitrogen and oxygen atoms in total. The van der Waals surface area contributed by atoms with Crippen LogP contribution in [0.3, 0.4) is 0 Å². The Morgan fingerprint density at radius 3 is 1.51 bits per heavy atom. The van der Waals surface area contributed by atoms with Crippen LogP contribution >= 0.6 is 0 Å². The molecule has 47 heavy (non-hydrogen) atoms. The van der Waals surface area contributed by atoms with E-state index < -0.39 is 98.8 Å². The van der Waals surface area contributed by atoms with Crippen LogP contribution in [0.1, 0.15) is 29.2 Å². The van der Waals surface area contributed by atoms with Crippen LogP contribution in [0.4, 0.5) is 64.1 Å². The summed E-state index contributed by atoms with van der Waals surface area (Å²) in [7, 11) is 0. The number of phenolic OH excluding ortho intramolecular Hbond substituents is 2. The number of aromatic hydroxyl groups is 2. The molecule has 2 aliphatic rings. The van der Waals surface area contributed by atoms with Crippen molar-refractivity contribution < 1.29 is 77.1 Å². The molecule has 2 aliphatic heterocycles. The Morgan fingerprint density at radius 2 is 1.04 bits per heavy atom. The Balaban J connectivity index is 1.68. The SMILES string of the molecule is CC1=Nc2ccc(Oc3ccc4c(c3)C(C(F)(F)F)(C(F)(F)F)OC(c3cc(O)c(C)cc3O)=N4)cc2C(C(F)(F)F)(C(F)(F)F)O1. The smallest absolute Gasteiger partial charge is 0.442 e. The van der Waals surface area contributed by atoms with Gasteiger partial charge in [0.1, 0.15) is 23.0 Å². The summed E-state index contributed by atoms with van der Waals surface area (Å²) in [6.07, 6.45) is -24.9. The molecule has 0 bridgehead atoms. The van der Waals surface area contributed by atoms with E-state index in [1.54, 1.807) is 0 Å². The summed E-state index contributed by atoms with van der Waals surface area (Å²) in [5, 5.41) is 20.2. The molecule has 0 aliphatic carbocycles. The number of fused-ring (bicyclic) bond motifs is 2. The number of halogens is 12. The molecule has 0 aromatic heterocycles. The first kappa shape index (κ1) is 33.5. The summed E-state index contributed by atoms with van der Waals surface area (Å²) < 4.78 is 185. The predicted octanol–water partition coefficient (Wildman–Crippen LogP) is 9.03. The molecule has 0 saturated carbocycles. The van der Waals surface area contributed by atoms with Crippen LogP contribution in [-0.4, -0.2) is 46.7 Å². The average molecular weight is 688 g/mol. The number of alkyl halides is 12. The molecule has 0 saturated heterocycles. The number of benzene rings is 3. The second-order valence-electron chi connectivity index (χ2n) is 10.2. The van der Waals surface area contributed by atoms with Gasteiger partial charge in [-0.05, 0) is 61.0 Å². The maximum atomic E-state index is 14.5. The number of hydrogen-bond acceptors (Lipinski definition) is 7. The molecule has 0 atom stereocenters. The lowest BCUT2D eigenvalue weighted by Gasteiger charge is -2.40. The van der Waals surface area contributed by atoms with Crippen LogP contribution in [0.25, 0.3) is 0 Å². The van der Waals surface area contributed by atoms with Gasteiger partial charge >= 0.3 is 35.9 Å². The monoisotopic (exact) mass is 688 g/mol. The van der Waals surface area contributed by atoms with Gasteiger partial charge in [0.05, 0.1) is 16.9 Å². The van der Waals surface area contributed by atoms with Gasteiger partial charge < -0.3 is 24.4 Å². The Labute approximate surface area is 254 Å². The summed E-state index contributed by atoms with van der Waals surface area (Å²) in [4.78, 5) is 7.16. The Morgan fingerprint density at radius 1 is 0.596 bits per heavy atom. The van der Waals surface area contributed by atoms with Crippen molar-refractivity contribution in [3.63, 3.8) is 0 Å². The molecule has 3 aromatic rings. The van der Waals surface area contributed by atoms with E-state index in [1.807, 2.05) is 0 Å². The minimum absolute atomic E-state index is 0.00106. The number of hydrogen-bond donors (Lipinski definition) is 2. The van der Waals surface area contributed by atoms with Gasteiger partial charge in [-0.25, -0.2) is 9.98 Å². The quantitative estimate of drug-likeness (QED) is 0.212.